The lowest BCUT2D eigenvalue weighted by molar-refractivity contribution is 0.0938. The van der Waals surface area contributed by atoms with Crippen molar-refractivity contribution in [2.24, 2.45) is 0 Å². The molecule has 1 fully saturated rings. The van der Waals surface area contributed by atoms with Crippen molar-refractivity contribution in [1.29, 1.82) is 0 Å². The van der Waals surface area contributed by atoms with Crippen molar-refractivity contribution in [2.75, 3.05) is 51.8 Å². The molecule has 1 saturated heterocycles. The molecule has 1 aliphatic carbocycles. The van der Waals surface area contributed by atoms with Crippen LogP contribution >= 0.6 is 12.4 Å². The number of nitrogens with zero attached hydrogens (tertiary/aromatic N) is 4. The van der Waals surface area contributed by atoms with Crippen molar-refractivity contribution in [1.82, 2.24) is 19.8 Å². The number of halogens is 2. The largest absolute Gasteiger partial charge is 0.383 e. The SMILES string of the molecule is COCCN1CCN(Cc2cccc(Nc3ncc4c(n3)-c3ccccc3[C@H](c3ccccc3F)C4)c2)CC1.Cl. The third kappa shape index (κ3) is 6.18. The van der Waals surface area contributed by atoms with Crippen molar-refractivity contribution in [2.45, 2.75) is 18.9 Å². The predicted molar refractivity (Wildman–Crippen MR) is 160 cm³/mol. The van der Waals surface area contributed by atoms with Gasteiger partial charge in [-0.1, -0.05) is 54.6 Å². The second-order valence-electron chi connectivity index (χ2n) is 10.4. The summed E-state index contributed by atoms with van der Waals surface area (Å²) in [4.78, 5) is 14.5. The van der Waals surface area contributed by atoms with Crippen LogP contribution in [0.4, 0.5) is 16.0 Å². The minimum atomic E-state index is -0.173. The topological polar surface area (TPSA) is 53.5 Å². The molecular weight excluding hydrogens is 525 g/mol. The van der Waals surface area contributed by atoms with Gasteiger partial charge in [-0.25, -0.2) is 14.4 Å². The maximum atomic E-state index is 14.7. The number of fused-ring (bicyclic) bond motifs is 3. The molecule has 6 rings (SSSR count). The molecule has 0 spiro atoms. The van der Waals surface area contributed by atoms with Crippen LogP contribution in [0, 0.1) is 5.82 Å². The van der Waals surface area contributed by atoms with Gasteiger partial charge >= 0.3 is 0 Å². The molecule has 4 aromatic rings. The molecule has 40 heavy (non-hydrogen) atoms. The van der Waals surface area contributed by atoms with E-state index in [1.54, 1.807) is 13.2 Å². The van der Waals surface area contributed by atoms with Gasteiger partial charge in [-0.05, 0) is 46.9 Å². The summed E-state index contributed by atoms with van der Waals surface area (Å²) in [6.07, 6.45) is 2.56. The molecule has 2 aliphatic rings. The van der Waals surface area contributed by atoms with E-state index < -0.39 is 0 Å². The molecule has 1 atom stereocenters. The van der Waals surface area contributed by atoms with Crippen LogP contribution in [-0.2, 0) is 17.7 Å². The van der Waals surface area contributed by atoms with Crippen molar-refractivity contribution in [3.63, 3.8) is 0 Å². The summed E-state index contributed by atoms with van der Waals surface area (Å²) >= 11 is 0. The summed E-state index contributed by atoms with van der Waals surface area (Å²) in [6, 6.07) is 23.7. The predicted octanol–water partition coefficient (Wildman–Crippen LogP) is 5.90. The van der Waals surface area contributed by atoms with E-state index in [-0.39, 0.29) is 24.1 Å². The molecule has 0 radical (unpaired) electrons. The van der Waals surface area contributed by atoms with Gasteiger partial charge in [0, 0.05) is 69.7 Å². The average Bonchev–Trinajstić information content (AvgIpc) is 2.97. The average molecular weight is 560 g/mol. The first kappa shape index (κ1) is 28.2. The highest BCUT2D eigenvalue weighted by Crippen LogP contribution is 2.42. The van der Waals surface area contributed by atoms with E-state index in [1.165, 1.54) is 11.6 Å². The van der Waals surface area contributed by atoms with Crippen molar-refractivity contribution in [3.05, 3.63) is 107 Å². The summed E-state index contributed by atoms with van der Waals surface area (Å²) < 4.78 is 20.0. The molecule has 1 N–H and O–H groups in total. The molecule has 0 bridgehead atoms. The normalized spacial score (nSPS) is 17.0. The molecule has 2 heterocycles. The number of hydrogen-bond donors (Lipinski definition) is 1. The number of piperazine rings is 1. The Labute approximate surface area is 241 Å². The molecule has 1 aromatic heterocycles. The lowest BCUT2D eigenvalue weighted by Crippen LogP contribution is -2.46. The quantitative estimate of drug-likeness (QED) is 0.290. The zero-order valence-electron chi connectivity index (χ0n) is 22.7. The van der Waals surface area contributed by atoms with Gasteiger partial charge < -0.3 is 10.1 Å². The first-order valence-electron chi connectivity index (χ1n) is 13.7. The summed E-state index contributed by atoms with van der Waals surface area (Å²) in [7, 11) is 1.76. The highest BCUT2D eigenvalue weighted by Gasteiger charge is 2.29. The lowest BCUT2D eigenvalue weighted by atomic mass is 9.78. The molecule has 1 aliphatic heterocycles. The maximum Gasteiger partial charge on any atom is 0.227 e. The molecule has 3 aromatic carbocycles. The molecule has 208 valence electrons. The Morgan fingerprint density at radius 2 is 1.68 bits per heavy atom. The Kier molecular flexibility index (Phi) is 9.07. The molecular formula is C32H35ClFN5O. The first-order chi connectivity index (χ1) is 19.2. The van der Waals surface area contributed by atoms with Crippen LogP contribution in [-0.4, -0.2) is 66.2 Å². The van der Waals surface area contributed by atoms with Gasteiger partial charge in [-0.2, -0.15) is 0 Å². The lowest BCUT2D eigenvalue weighted by Gasteiger charge is -2.34. The van der Waals surface area contributed by atoms with E-state index in [9.17, 15) is 4.39 Å². The summed E-state index contributed by atoms with van der Waals surface area (Å²) in [5.41, 5.74) is 7.04. The number of methoxy groups -OCH3 is 1. The smallest absolute Gasteiger partial charge is 0.227 e. The van der Waals surface area contributed by atoms with E-state index in [2.05, 4.69) is 56.5 Å². The van der Waals surface area contributed by atoms with Crippen LogP contribution in [0.15, 0.2) is 79.0 Å². The van der Waals surface area contributed by atoms with Crippen LogP contribution in [0.25, 0.3) is 11.3 Å². The van der Waals surface area contributed by atoms with Gasteiger partial charge in [0.1, 0.15) is 5.82 Å². The summed E-state index contributed by atoms with van der Waals surface area (Å²) in [5, 5.41) is 3.42. The minimum Gasteiger partial charge on any atom is -0.383 e. The number of rotatable bonds is 8. The van der Waals surface area contributed by atoms with Crippen molar-refractivity contribution in [3.8, 4) is 11.3 Å². The van der Waals surface area contributed by atoms with E-state index in [1.807, 2.05) is 30.5 Å². The second kappa shape index (κ2) is 12.9. The van der Waals surface area contributed by atoms with Crippen LogP contribution in [0.2, 0.25) is 0 Å². The second-order valence-corrected chi connectivity index (χ2v) is 10.4. The molecule has 6 nitrogen and oxygen atoms in total. The van der Waals surface area contributed by atoms with E-state index in [4.69, 9.17) is 9.72 Å². The fourth-order valence-corrected chi connectivity index (χ4v) is 5.76. The van der Waals surface area contributed by atoms with Gasteiger partial charge in [-0.3, -0.25) is 9.80 Å². The van der Waals surface area contributed by atoms with Crippen LogP contribution < -0.4 is 5.32 Å². The minimum absolute atomic E-state index is 0. The number of benzene rings is 3. The van der Waals surface area contributed by atoms with Crippen molar-refractivity contribution < 1.29 is 9.13 Å². The third-order valence-electron chi connectivity index (χ3n) is 7.83. The van der Waals surface area contributed by atoms with Crippen LogP contribution in [0.1, 0.15) is 28.2 Å². The van der Waals surface area contributed by atoms with Gasteiger partial charge in [0.25, 0.3) is 0 Å². The van der Waals surface area contributed by atoms with Crippen LogP contribution in [0.5, 0.6) is 0 Å². The Bertz CT molecular complexity index is 1440. The standard InChI is InChI=1S/C32H34FN5O.ClH/c1-39-18-17-37-13-15-38(16-14-37)22-23-7-6-8-25(19-23)35-32-34-21-24-20-29(27-10-4-5-12-30(27)33)26-9-2-3-11-28(26)31(24)36-32;/h2-12,19,21,29H,13-18,20,22H2,1H3,(H,34,35,36);1H/t29-;/m1./s1. The van der Waals surface area contributed by atoms with E-state index in [0.717, 1.165) is 73.9 Å². The monoisotopic (exact) mass is 559 g/mol. The van der Waals surface area contributed by atoms with Crippen molar-refractivity contribution >= 4 is 24.0 Å². The zero-order valence-corrected chi connectivity index (χ0v) is 23.5. The summed E-state index contributed by atoms with van der Waals surface area (Å²) in [6.45, 7) is 6.97. The summed E-state index contributed by atoms with van der Waals surface area (Å²) in [5.74, 6) is 0.334. The highest BCUT2D eigenvalue weighted by molar-refractivity contribution is 5.85. The van der Waals surface area contributed by atoms with E-state index in [0.29, 0.717) is 17.9 Å². The zero-order chi connectivity index (χ0) is 26.6. The van der Waals surface area contributed by atoms with Gasteiger partial charge in [0.05, 0.1) is 12.3 Å². The first-order valence-corrected chi connectivity index (χ1v) is 13.7. The Morgan fingerprint density at radius 1 is 0.925 bits per heavy atom. The highest BCUT2D eigenvalue weighted by atomic mass is 35.5. The molecule has 0 amide bonds. The Balaban J connectivity index is 0.00000323. The maximum absolute atomic E-state index is 14.7. The number of aromatic nitrogens is 2. The molecule has 0 saturated carbocycles. The fraction of sp³-hybridized carbons (Fsp3) is 0.312. The third-order valence-corrected chi connectivity index (χ3v) is 7.83. The van der Waals surface area contributed by atoms with Gasteiger partial charge in [0.2, 0.25) is 5.95 Å². The number of anilines is 2. The fourth-order valence-electron chi connectivity index (χ4n) is 5.76. The number of hydrogen-bond acceptors (Lipinski definition) is 6. The number of nitrogens with one attached hydrogen (secondary N) is 1. The van der Waals surface area contributed by atoms with Crippen LogP contribution in [0.3, 0.4) is 0 Å². The molecule has 0 unspecified atom stereocenters. The van der Waals surface area contributed by atoms with Gasteiger partial charge in [0.15, 0.2) is 0 Å². The van der Waals surface area contributed by atoms with E-state index >= 15 is 0 Å². The molecule has 8 heteroatoms. The van der Waals surface area contributed by atoms with Gasteiger partial charge in [-0.15, -0.1) is 12.4 Å². The Hall–Kier alpha value is -3.36. The number of ether oxygens (including phenoxy) is 1. The Morgan fingerprint density at radius 3 is 2.48 bits per heavy atom.